The van der Waals surface area contributed by atoms with Crippen molar-refractivity contribution in [2.75, 3.05) is 9.80 Å². The van der Waals surface area contributed by atoms with E-state index in [-0.39, 0.29) is 37.3 Å². The smallest absolute Gasteiger partial charge is 0.135 e. The van der Waals surface area contributed by atoms with Gasteiger partial charge in [0.1, 0.15) is 5.82 Å². The van der Waals surface area contributed by atoms with Gasteiger partial charge in [0, 0.05) is 60.8 Å². The van der Waals surface area contributed by atoms with Crippen LogP contribution in [-0.4, -0.2) is 9.55 Å². The van der Waals surface area contributed by atoms with Crippen molar-refractivity contribution in [3.05, 3.63) is 259 Å². The van der Waals surface area contributed by atoms with Crippen molar-refractivity contribution in [1.29, 1.82) is 0 Å². The minimum absolute atomic E-state index is 0. The van der Waals surface area contributed by atoms with Crippen LogP contribution in [0.15, 0.2) is 213 Å². The van der Waals surface area contributed by atoms with Crippen LogP contribution >= 0.6 is 0 Å². The number of hydrogen-bond donors (Lipinski definition) is 0. The molecule has 0 bridgehead atoms. The molecule has 360 valence electrons. The summed E-state index contributed by atoms with van der Waals surface area (Å²) in [6.45, 7) is 18.1. The Bertz CT molecular complexity index is 3580. The normalized spacial score (nSPS) is 12.9. The van der Waals surface area contributed by atoms with Crippen LogP contribution in [0.4, 0.5) is 11.4 Å². The minimum atomic E-state index is -0.290. The van der Waals surface area contributed by atoms with E-state index in [1.54, 1.807) is 0 Å². The van der Waals surface area contributed by atoms with Gasteiger partial charge in [-0.2, -0.15) is 6.07 Å². The second kappa shape index (κ2) is 19.3. The first-order chi connectivity index (χ1) is 34.3. The van der Waals surface area contributed by atoms with Crippen LogP contribution in [0.2, 0.25) is 0 Å². The summed E-state index contributed by atoms with van der Waals surface area (Å²) in [5, 5.41) is 2.26. The molecule has 10 aromatic rings. The number of ether oxygens (including phenoxy) is 1. The topological polar surface area (TPSA) is 33.5 Å². The van der Waals surface area contributed by atoms with Crippen molar-refractivity contribution < 1.29 is 25.8 Å². The molecule has 0 saturated heterocycles. The average Bonchev–Trinajstić information content (AvgIpc) is 4.03. The molecular weight excluding hydrogens is 1060 g/mol. The molecule has 0 saturated carbocycles. The van der Waals surface area contributed by atoms with Crippen LogP contribution in [0.25, 0.3) is 49.9 Å². The minimum Gasteiger partial charge on any atom is -0.509 e. The van der Waals surface area contributed by atoms with Crippen molar-refractivity contribution in [1.82, 2.24) is 9.55 Å². The third kappa shape index (κ3) is 9.19. The maximum absolute atomic E-state index is 6.93. The largest absolute Gasteiger partial charge is 0.509 e. The van der Waals surface area contributed by atoms with Crippen molar-refractivity contribution >= 4 is 33.2 Å². The molecule has 2 aromatic heterocycles. The maximum atomic E-state index is 6.93. The molecule has 8 aromatic carbocycles. The molecule has 3 heterocycles. The zero-order valence-corrected chi connectivity index (χ0v) is 44.1. The SMILES string of the molecule is CC(C)(C)c1ccnc(-n2c3[c-]c(Oc4[c-]c(N5C=CN(c6cc(-c7ccccc7)cc(C(C)(C)c7ccccc7)c6)[CH-]5)cc(-c5ccccc5)c4)ccc3c3c(C(C)(C)c4ccccc4)cccc32)c1.[Pt]. The van der Waals surface area contributed by atoms with Crippen LogP contribution in [0.5, 0.6) is 11.5 Å². The van der Waals surface area contributed by atoms with Gasteiger partial charge in [-0.25, -0.2) is 4.98 Å². The monoisotopic (exact) mass is 1120 g/mol. The third-order valence-corrected chi connectivity index (χ3v) is 14.3. The second-order valence-electron chi connectivity index (χ2n) is 20.7. The number of benzene rings is 8. The summed E-state index contributed by atoms with van der Waals surface area (Å²) >= 11 is 0. The van der Waals surface area contributed by atoms with E-state index in [2.05, 4.69) is 276 Å². The van der Waals surface area contributed by atoms with E-state index in [4.69, 9.17) is 9.72 Å². The third-order valence-electron chi connectivity index (χ3n) is 14.3. The van der Waals surface area contributed by atoms with Gasteiger partial charge in [0.05, 0.1) is 0 Å². The van der Waals surface area contributed by atoms with E-state index < -0.39 is 0 Å². The van der Waals surface area contributed by atoms with Crippen LogP contribution in [0.1, 0.15) is 76.3 Å². The first-order valence-electron chi connectivity index (χ1n) is 24.5. The van der Waals surface area contributed by atoms with Gasteiger partial charge < -0.3 is 19.1 Å². The summed E-state index contributed by atoms with van der Waals surface area (Å²) in [4.78, 5) is 9.32. The van der Waals surface area contributed by atoms with Gasteiger partial charge in [0.25, 0.3) is 0 Å². The Balaban J connectivity index is 0.00000596. The number of nitrogens with zero attached hydrogens (tertiary/aromatic N) is 4. The Labute approximate surface area is 439 Å². The molecule has 72 heavy (non-hydrogen) atoms. The fourth-order valence-electron chi connectivity index (χ4n) is 10.0. The number of hydrogen-bond acceptors (Lipinski definition) is 4. The molecular formula is C66H57N4OPt-3. The van der Waals surface area contributed by atoms with Gasteiger partial charge in [-0.1, -0.05) is 194 Å². The van der Waals surface area contributed by atoms with Crippen LogP contribution in [-0.2, 0) is 37.3 Å². The Kier molecular flexibility index (Phi) is 12.9. The van der Waals surface area contributed by atoms with E-state index in [0.29, 0.717) is 11.5 Å². The number of fused-ring (bicyclic) bond motifs is 3. The van der Waals surface area contributed by atoms with Crippen LogP contribution < -0.4 is 14.5 Å². The summed E-state index contributed by atoms with van der Waals surface area (Å²) in [6.07, 6.45) is 6.13. The zero-order chi connectivity index (χ0) is 48.9. The first-order valence-corrected chi connectivity index (χ1v) is 24.5. The van der Waals surface area contributed by atoms with E-state index >= 15 is 0 Å². The molecule has 0 amide bonds. The summed E-state index contributed by atoms with van der Waals surface area (Å²) in [5.74, 6) is 2.00. The van der Waals surface area contributed by atoms with E-state index in [1.165, 1.54) is 38.8 Å². The molecule has 0 N–H and O–H groups in total. The van der Waals surface area contributed by atoms with Crippen molar-refractivity contribution in [2.24, 2.45) is 0 Å². The predicted molar refractivity (Wildman–Crippen MR) is 294 cm³/mol. The van der Waals surface area contributed by atoms with Gasteiger partial charge in [-0.15, -0.1) is 53.6 Å². The van der Waals surface area contributed by atoms with Crippen LogP contribution in [0.3, 0.4) is 0 Å². The number of rotatable bonds is 11. The van der Waals surface area contributed by atoms with E-state index in [9.17, 15) is 0 Å². The number of aromatic nitrogens is 2. The average molecular weight is 1120 g/mol. The molecule has 0 atom stereocenters. The fraction of sp³-hybridized carbons (Fsp3) is 0.152. The van der Waals surface area contributed by atoms with Gasteiger partial charge in [-0.3, -0.25) is 0 Å². The standard InChI is InChI=1S/C66H57N4O.Pt/c1-64(2,3)52-33-34-67-62(42-52)70-60-30-20-29-59(66(6,7)51-27-18-11-19-28-51)63(60)58-32-31-56(44-61(58)70)71-57-40-49(47-23-14-9-15-24-47)39-55(43-57)69-36-35-68(45-69)54-38-48(46-21-12-8-13-22-46)37-53(41-54)65(4,5)50-25-16-10-17-26-50;/h8-42,45H,1-7H3;/q-3;. The summed E-state index contributed by atoms with van der Waals surface area (Å²) < 4.78 is 9.18. The fourth-order valence-corrected chi connectivity index (χ4v) is 10.0. The van der Waals surface area contributed by atoms with Crippen molar-refractivity contribution in [3.8, 4) is 39.6 Å². The Morgan fingerprint density at radius 3 is 1.75 bits per heavy atom. The van der Waals surface area contributed by atoms with Gasteiger partial charge in [0.15, 0.2) is 0 Å². The van der Waals surface area contributed by atoms with Crippen molar-refractivity contribution in [2.45, 2.75) is 64.7 Å². The molecule has 5 nitrogen and oxygen atoms in total. The summed E-state index contributed by atoms with van der Waals surface area (Å²) in [6, 6.07) is 76.4. The van der Waals surface area contributed by atoms with Crippen LogP contribution in [0, 0.1) is 18.8 Å². The van der Waals surface area contributed by atoms with E-state index in [1.807, 2.05) is 18.3 Å². The number of pyridine rings is 1. The molecule has 0 aliphatic carbocycles. The van der Waals surface area contributed by atoms with E-state index in [0.717, 1.165) is 50.3 Å². The molecule has 0 fully saturated rings. The molecule has 1 aliphatic rings. The summed E-state index contributed by atoms with van der Waals surface area (Å²) in [5.41, 5.74) is 13.9. The molecule has 6 heteroatoms. The van der Waals surface area contributed by atoms with Crippen molar-refractivity contribution in [3.63, 3.8) is 0 Å². The Hall–Kier alpha value is -7.46. The van der Waals surface area contributed by atoms with Gasteiger partial charge in [0.2, 0.25) is 0 Å². The quantitative estimate of drug-likeness (QED) is 0.121. The second-order valence-corrected chi connectivity index (χ2v) is 20.7. The molecule has 1 aliphatic heterocycles. The first kappa shape index (κ1) is 48.2. The Morgan fingerprint density at radius 2 is 1.10 bits per heavy atom. The molecule has 0 unspecified atom stereocenters. The number of anilines is 2. The van der Waals surface area contributed by atoms with Gasteiger partial charge in [-0.05, 0) is 98.0 Å². The Morgan fingerprint density at radius 1 is 0.486 bits per heavy atom. The molecule has 0 spiro atoms. The van der Waals surface area contributed by atoms with Gasteiger partial charge >= 0.3 is 0 Å². The molecule has 0 radical (unpaired) electrons. The maximum Gasteiger partial charge on any atom is 0.135 e. The molecule has 11 rings (SSSR count). The summed E-state index contributed by atoms with van der Waals surface area (Å²) in [7, 11) is 0. The predicted octanol–water partition coefficient (Wildman–Crippen LogP) is 16.8. The zero-order valence-electron chi connectivity index (χ0n) is 41.8.